The van der Waals surface area contributed by atoms with Crippen LogP contribution in [0.4, 0.5) is 5.82 Å². The lowest BCUT2D eigenvalue weighted by molar-refractivity contribution is 0.608. The van der Waals surface area contributed by atoms with Gasteiger partial charge in [0.25, 0.3) is 0 Å². The molecule has 1 atom stereocenters. The summed E-state index contributed by atoms with van der Waals surface area (Å²) in [5, 5.41) is 4.90. The van der Waals surface area contributed by atoms with Crippen LogP contribution in [0.3, 0.4) is 0 Å². The fraction of sp³-hybridized carbons (Fsp3) is 0.318. The number of H-pyrrole nitrogens is 1. The maximum Gasteiger partial charge on any atom is 0.129 e. The van der Waals surface area contributed by atoms with Gasteiger partial charge in [0.15, 0.2) is 0 Å². The van der Waals surface area contributed by atoms with E-state index in [-0.39, 0.29) is 6.04 Å². The van der Waals surface area contributed by atoms with Gasteiger partial charge in [-0.1, -0.05) is 26.0 Å². The number of anilines is 1. The monoisotopic (exact) mass is 372 g/mol. The number of aryl methyl sites for hydroxylation is 1. The van der Waals surface area contributed by atoms with Gasteiger partial charge in [0.2, 0.25) is 0 Å². The highest BCUT2D eigenvalue weighted by Gasteiger charge is 2.34. The van der Waals surface area contributed by atoms with E-state index in [0.717, 1.165) is 41.4 Å². The quantitative estimate of drug-likeness (QED) is 0.590. The van der Waals surface area contributed by atoms with Gasteiger partial charge in [-0.15, -0.1) is 0 Å². The third kappa shape index (κ3) is 2.68. The summed E-state index contributed by atoms with van der Waals surface area (Å²) < 4.78 is 1.96. The third-order valence-electron chi connectivity index (χ3n) is 5.58. The Morgan fingerprint density at radius 2 is 2.07 bits per heavy atom. The molecule has 5 rings (SSSR count). The van der Waals surface area contributed by atoms with Crippen LogP contribution in [0.5, 0.6) is 0 Å². The Bertz CT molecular complexity index is 1140. The average molecular weight is 372 g/mol. The molecule has 0 bridgehead atoms. The lowest BCUT2D eigenvalue weighted by atomic mass is 9.99. The number of hydrogen-bond donors (Lipinski definition) is 1. The second-order valence-electron chi connectivity index (χ2n) is 7.78. The summed E-state index contributed by atoms with van der Waals surface area (Å²) in [6.45, 7) is 7.35. The fourth-order valence-corrected chi connectivity index (χ4v) is 4.05. The van der Waals surface area contributed by atoms with E-state index in [1.54, 1.807) is 6.33 Å². The fourth-order valence-electron chi connectivity index (χ4n) is 4.05. The van der Waals surface area contributed by atoms with Crippen LogP contribution >= 0.6 is 0 Å². The first-order chi connectivity index (χ1) is 13.6. The molecule has 28 heavy (non-hydrogen) atoms. The van der Waals surface area contributed by atoms with Crippen LogP contribution in [0, 0.1) is 6.92 Å². The summed E-state index contributed by atoms with van der Waals surface area (Å²) >= 11 is 0. The number of pyridine rings is 2. The van der Waals surface area contributed by atoms with Gasteiger partial charge in [0.1, 0.15) is 11.9 Å². The highest BCUT2D eigenvalue weighted by Crippen LogP contribution is 2.36. The molecular formula is C22H24N6. The maximum absolute atomic E-state index is 4.95. The van der Waals surface area contributed by atoms with Crippen molar-refractivity contribution < 1.29 is 0 Å². The molecule has 6 nitrogen and oxygen atoms in total. The van der Waals surface area contributed by atoms with Crippen LogP contribution in [0.15, 0.2) is 48.9 Å². The molecule has 142 valence electrons. The Labute approximate surface area is 164 Å². The van der Waals surface area contributed by atoms with Crippen molar-refractivity contribution in [2.75, 3.05) is 11.4 Å². The largest absolute Gasteiger partial charge is 0.348 e. The molecule has 0 saturated heterocycles. The first-order valence-corrected chi connectivity index (χ1v) is 9.82. The smallest absolute Gasteiger partial charge is 0.129 e. The topological polar surface area (TPSA) is 62.1 Å². The van der Waals surface area contributed by atoms with Gasteiger partial charge in [-0.3, -0.25) is 0 Å². The van der Waals surface area contributed by atoms with E-state index in [4.69, 9.17) is 10.1 Å². The molecule has 0 radical (unpaired) electrons. The summed E-state index contributed by atoms with van der Waals surface area (Å²) in [7, 11) is 0. The van der Waals surface area contributed by atoms with Crippen LogP contribution in [-0.4, -0.2) is 31.1 Å². The van der Waals surface area contributed by atoms with Gasteiger partial charge in [-0.2, -0.15) is 5.10 Å². The number of nitrogens with zero attached hydrogens (tertiary/aromatic N) is 5. The average Bonchev–Trinajstić information content (AvgIpc) is 3.34. The lowest BCUT2D eigenvalue weighted by Gasteiger charge is -2.35. The minimum absolute atomic E-state index is 0.0517. The van der Waals surface area contributed by atoms with Crippen molar-refractivity contribution in [2.45, 2.75) is 39.2 Å². The molecule has 0 unspecified atom stereocenters. The number of nitrogens with one attached hydrogen (secondary N) is 1. The zero-order valence-electron chi connectivity index (χ0n) is 16.4. The van der Waals surface area contributed by atoms with Crippen LogP contribution in [-0.2, 0) is 6.42 Å². The predicted octanol–water partition coefficient (Wildman–Crippen LogP) is 4.04. The lowest BCUT2D eigenvalue weighted by Crippen LogP contribution is -2.37. The van der Waals surface area contributed by atoms with Crippen LogP contribution in [0.25, 0.3) is 5.52 Å². The van der Waals surface area contributed by atoms with E-state index in [9.17, 15) is 0 Å². The van der Waals surface area contributed by atoms with E-state index in [2.05, 4.69) is 66.0 Å². The molecule has 0 spiro atoms. The number of hydrogen-bond acceptors (Lipinski definition) is 4. The number of aromatic amines is 1. The third-order valence-corrected chi connectivity index (χ3v) is 5.58. The first kappa shape index (κ1) is 17.0. The molecule has 1 aliphatic heterocycles. The maximum atomic E-state index is 4.95. The number of rotatable bonds is 3. The Hall–Kier alpha value is -3.15. The molecule has 5 heterocycles. The molecule has 4 aromatic heterocycles. The highest BCUT2D eigenvalue weighted by molar-refractivity contribution is 5.57. The number of fused-ring (bicyclic) bond motifs is 2. The zero-order chi connectivity index (χ0) is 19.3. The summed E-state index contributed by atoms with van der Waals surface area (Å²) in [4.78, 5) is 15.3. The standard InChI is InChI=1S/C22H24N6/c1-14(2)16-7-4-8-20(25-16)27-11-9-17-21(24-13-23-17)22(27)18-12-19-15(3)6-5-10-28(19)26-18/h4-8,10,12-14,22H,9,11H2,1-3H3,(H,23,24)/t22-/m0/s1. The molecule has 1 N–H and O–H groups in total. The molecule has 0 aliphatic carbocycles. The van der Waals surface area contributed by atoms with Crippen molar-refractivity contribution in [3.8, 4) is 0 Å². The molecule has 0 amide bonds. The second-order valence-corrected chi connectivity index (χ2v) is 7.78. The molecular weight excluding hydrogens is 348 g/mol. The van der Waals surface area contributed by atoms with E-state index >= 15 is 0 Å². The second kappa shape index (κ2) is 6.48. The van der Waals surface area contributed by atoms with E-state index in [0.29, 0.717) is 5.92 Å². The van der Waals surface area contributed by atoms with Crippen molar-refractivity contribution in [1.29, 1.82) is 0 Å². The minimum atomic E-state index is -0.0517. The van der Waals surface area contributed by atoms with Gasteiger partial charge in [-0.25, -0.2) is 14.5 Å². The number of imidazole rings is 1. The van der Waals surface area contributed by atoms with Gasteiger partial charge in [0.05, 0.1) is 23.2 Å². The van der Waals surface area contributed by atoms with Crippen molar-refractivity contribution >= 4 is 11.3 Å². The van der Waals surface area contributed by atoms with E-state index in [1.165, 1.54) is 11.3 Å². The van der Waals surface area contributed by atoms with Crippen LogP contribution < -0.4 is 4.90 Å². The van der Waals surface area contributed by atoms with Crippen molar-refractivity contribution in [1.82, 2.24) is 24.6 Å². The molecule has 6 heteroatoms. The predicted molar refractivity (Wildman–Crippen MR) is 110 cm³/mol. The van der Waals surface area contributed by atoms with Crippen LogP contribution in [0.2, 0.25) is 0 Å². The zero-order valence-corrected chi connectivity index (χ0v) is 16.4. The molecule has 4 aromatic rings. The Kier molecular flexibility index (Phi) is 3.93. The minimum Gasteiger partial charge on any atom is -0.348 e. The number of aromatic nitrogens is 5. The van der Waals surface area contributed by atoms with Gasteiger partial charge in [0, 0.05) is 30.6 Å². The van der Waals surface area contributed by atoms with Crippen LogP contribution in [0.1, 0.15) is 54.1 Å². The molecule has 0 saturated carbocycles. The van der Waals surface area contributed by atoms with Gasteiger partial charge < -0.3 is 9.88 Å². The van der Waals surface area contributed by atoms with Gasteiger partial charge in [-0.05, 0) is 42.7 Å². The SMILES string of the molecule is Cc1cccn2nc([C@H]3c4nc[nH]c4CCN3c3cccc(C(C)C)n3)cc12. The van der Waals surface area contributed by atoms with Gasteiger partial charge >= 0.3 is 0 Å². The van der Waals surface area contributed by atoms with E-state index < -0.39 is 0 Å². The summed E-state index contributed by atoms with van der Waals surface area (Å²) in [5.74, 6) is 1.38. The van der Waals surface area contributed by atoms with E-state index in [1.807, 2.05) is 16.8 Å². The summed E-state index contributed by atoms with van der Waals surface area (Å²) in [5.41, 5.74) is 6.68. The summed E-state index contributed by atoms with van der Waals surface area (Å²) in [6.07, 6.45) is 4.72. The first-order valence-electron chi connectivity index (χ1n) is 9.82. The Balaban J connectivity index is 1.66. The molecule has 0 aromatic carbocycles. The van der Waals surface area contributed by atoms with Crippen molar-refractivity contribution in [3.63, 3.8) is 0 Å². The highest BCUT2D eigenvalue weighted by atomic mass is 15.3. The van der Waals surface area contributed by atoms with Crippen molar-refractivity contribution in [2.24, 2.45) is 0 Å². The normalized spacial score (nSPS) is 16.7. The molecule has 0 fully saturated rings. The Morgan fingerprint density at radius 3 is 2.89 bits per heavy atom. The van der Waals surface area contributed by atoms with Crippen molar-refractivity contribution in [3.05, 3.63) is 77.3 Å². The Morgan fingerprint density at radius 1 is 1.18 bits per heavy atom. The summed E-state index contributed by atoms with van der Waals surface area (Å²) in [6, 6.07) is 12.6. The molecule has 1 aliphatic rings.